The maximum Gasteiger partial charge on any atom is 0.275 e. The van der Waals surface area contributed by atoms with Crippen molar-refractivity contribution < 1.29 is 4.74 Å². The van der Waals surface area contributed by atoms with Crippen molar-refractivity contribution in [3.8, 4) is 11.4 Å². The predicted molar refractivity (Wildman–Crippen MR) is 112 cm³/mol. The summed E-state index contributed by atoms with van der Waals surface area (Å²) in [6, 6.07) is 7.67. The Morgan fingerprint density at radius 1 is 1.32 bits per heavy atom. The van der Waals surface area contributed by atoms with Crippen LogP contribution in [0.2, 0.25) is 0 Å². The molecule has 2 heterocycles. The number of unbranched alkanes of at least 4 members (excludes halogenated alkanes) is 1. The van der Waals surface area contributed by atoms with Crippen molar-refractivity contribution in [3.63, 3.8) is 0 Å². The van der Waals surface area contributed by atoms with Gasteiger partial charge in [-0.3, -0.25) is 4.79 Å². The van der Waals surface area contributed by atoms with Gasteiger partial charge in [-0.2, -0.15) is 10.2 Å². The average molecular weight is 378 g/mol. The van der Waals surface area contributed by atoms with Crippen LogP contribution in [-0.2, 0) is 0 Å². The second kappa shape index (κ2) is 8.69. The van der Waals surface area contributed by atoms with E-state index in [0.29, 0.717) is 10.9 Å². The minimum Gasteiger partial charge on any atom is -0.458 e. The van der Waals surface area contributed by atoms with Gasteiger partial charge in [0.05, 0.1) is 23.0 Å². The van der Waals surface area contributed by atoms with Gasteiger partial charge in [0.25, 0.3) is 5.56 Å². The van der Waals surface area contributed by atoms with E-state index < -0.39 is 0 Å². The summed E-state index contributed by atoms with van der Waals surface area (Å²) >= 11 is 0. The van der Waals surface area contributed by atoms with Crippen molar-refractivity contribution >= 4 is 10.9 Å². The van der Waals surface area contributed by atoms with Gasteiger partial charge in [0.2, 0.25) is 0 Å². The fraction of sp³-hybridized carbons (Fsp3) is 0.318. The summed E-state index contributed by atoms with van der Waals surface area (Å²) in [6.07, 6.45) is 8.23. The Morgan fingerprint density at radius 2 is 2.07 bits per heavy atom. The smallest absolute Gasteiger partial charge is 0.275 e. The van der Waals surface area contributed by atoms with E-state index in [4.69, 9.17) is 4.74 Å². The molecule has 2 aromatic heterocycles. The van der Waals surface area contributed by atoms with Gasteiger partial charge >= 0.3 is 0 Å². The van der Waals surface area contributed by atoms with Crippen LogP contribution in [-0.4, -0.2) is 20.0 Å². The SMILES string of the molecule is C=C/C(=C\CCC)Oc1ccc(-n2nc3cn[nH]c(=O)c3c2C(C)CC)cc1. The van der Waals surface area contributed by atoms with E-state index in [1.165, 1.54) is 0 Å². The summed E-state index contributed by atoms with van der Waals surface area (Å²) in [6.45, 7) is 10.1. The molecule has 6 nitrogen and oxygen atoms in total. The third-order valence-electron chi connectivity index (χ3n) is 4.76. The molecule has 0 aliphatic rings. The third-order valence-corrected chi connectivity index (χ3v) is 4.76. The van der Waals surface area contributed by atoms with Gasteiger partial charge in [-0.1, -0.05) is 33.8 Å². The number of nitrogens with one attached hydrogen (secondary N) is 1. The summed E-state index contributed by atoms with van der Waals surface area (Å²) in [5.74, 6) is 1.65. The second-order valence-electron chi connectivity index (χ2n) is 6.76. The minimum absolute atomic E-state index is 0.175. The van der Waals surface area contributed by atoms with Gasteiger partial charge in [0.15, 0.2) is 0 Å². The highest BCUT2D eigenvalue weighted by molar-refractivity contribution is 5.81. The number of benzene rings is 1. The summed E-state index contributed by atoms with van der Waals surface area (Å²) in [5.41, 5.74) is 2.15. The van der Waals surface area contributed by atoms with E-state index in [9.17, 15) is 4.79 Å². The largest absolute Gasteiger partial charge is 0.458 e. The molecule has 6 heteroatoms. The van der Waals surface area contributed by atoms with Crippen molar-refractivity contribution in [2.24, 2.45) is 0 Å². The van der Waals surface area contributed by atoms with Crippen LogP contribution in [0.1, 0.15) is 51.6 Å². The Bertz CT molecular complexity index is 1040. The number of H-pyrrole nitrogens is 1. The Hall–Kier alpha value is -3.15. The molecule has 0 radical (unpaired) electrons. The molecular formula is C22H26N4O2. The van der Waals surface area contributed by atoms with Crippen LogP contribution in [0.3, 0.4) is 0 Å². The van der Waals surface area contributed by atoms with Gasteiger partial charge in [-0.05, 0) is 55.2 Å². The molecule has 0 saturated heterocycles. The first-order valence-electron chi connectivity index (χ1n) is 9.66. The molecule has 0 fully saturated rings. The van der Waals surface area contributed by atoms with Crippen molar-refractivity contribution in [2.75, 3.05) is 0 Å². The number of hydrogen-bond donors (Lipinski definition) is 1. The Morgan fingerprint density at radius 3 is 2.71 bits per heavy atom. The highest BCUT2D eigenvalue weighted by atomic mass is 16.5. The maximum absolute atomic E-state index is 12.4. The van der Waals surface area contributed by atoms with Crippen LogP contribution < -0.4 is 10.3 Å². The van der Waals surface area contributed by atoms with Crippen LogP contribution >= 0.6 is 0 Å². The quantitative estimate of drug-likeness (QED) is 0.448. The first-order valence-corrected chi connectivity index (χ1v) is 9.66. The lowest BCUT2D eigenvalue weighted by Crippen LogP contribution is -2.11. The number of aromatic nitrogens is 4. The molecule has 0 spiro atoms. The lowest BCUT2D eigenvalue weighted by atomic mass is 10.0. The molecule has 0 amide bonds. The second-order valence-corrected chi connectivity index (χ2v) is 6.76. The maximum atomic E-state index is 12.4. The molecule has 1 atom stereocenters. The molecular weight excluding hydrogens is 352 g/mol. The minimum atomic E-state index is -0.212. The molecule has 3 aromatic rings. The molecule has 1 unspecified atom stereocenters. The summed E-state index contributed by atoms with van der Waals surface area (Å²) < 4.78 is 7.72. The summed E-state index contributed by atoms with van der Waals surface area (Å²) in [5, 5.41) is 11.6. The monoisotopic (exact) mass is 378 g/mol. The van der Waals surface area contributed by atoms with Crippen molar-refractivity contribution in [1.29, 1.82) is 0 Å². The van der Waals surface area contributed by atoms with E-state index in [2.05, 4.69) is 42.6 Å². The van der Waals surface area contributed by atoms with Crippen LogP contribution in [0.5, 0.6) is 5.75 Å². The Labute approximate surface area is 164 Å². The van der Waals surface area contributed by atoms with Crippen LogP contribution in [0.4, 0.5) is 0 Å². The van der Waals surface area contributed by atoms with Gasteiger partial charge in [0.1, 0.15) is 17.0 Å². The predicted octanol–water partition coefficient (Wildman–Crippen LogP) is 4.87. The summed E-state index contributed by atoms with van der Waals surface area (Å²) in [7, 11) is 0. The van der Waals surface area contributed by atoms with Crippen LogP contribution in [0, 0.1) is 0 Å². The van der Waals surface area contributed by atoms with Gasteiger partial charge < -0.3 is 4.74 Å². The number of rotatable bonds is 8. The zero-order valence-corrected chi connectivity index (χ0v) is 16.6. The van der Waals surface area contributed by atoms with E-state index in [0.717, 1.165) is 42.2 Å². The first kappa shape index (κ1) is 19.6. The molecule has 0 aliphatic heterocycles. The van der Waals surface area contributed by atoms with E-state index in [1.807, 2.05) is 35.0 Å². The highest BCUT2D eigenvalue weighted by Gasteiger charge is 2.20. The van der Waals surface area contributed by atoms with Crippen molar-refractivity contribution in [2.45, 2.75) is 46.0 Å². The lowest BCUT2D eigenvalue weighted by Gasteiger charge is -2.13. The van der Waals surface area contributed by atoms with Gasteiger partial charge in [0, 0.05) is 0 Å². The number of hydrogen-bond acceptors (Lipinski definition) is 4. The molecule has 3 rings (SSSR count). The number of allylic oxidation sites excluding steroid dienone is 2. The molecule has 0 saturated carbocycles. The Balaban J connectivity index is 2.00. The molecule has 1 N–H and O–H groups in total. The number of nitrogens with zero attached hydrogens (tertiary/aromatic N) is 3. The fourth-order valence-electron chi connectivity index (χ4n) is 3.07. The third kappa shape index (κ3) is 3.91. The zero-order valence-electron chi connectivity index (χ0n) is 16.6. The van der Waals surface area contributed by atoms with Crippen LogP contribution in [0.15, 0.2) is 59.7 Å². The van der Waals surface area contributed by atoms with Gasteiger partial charge in [-0.15, -0.1) is 0 Å². The average Bonchev–Trinajstić information content (AvgIpc) is 3.12. The zero-order chi connectivity index (χ0) is 20.1. The lowest BCUT2D eigenvalue weighted by molar-refractivity contribution is 0.441. The van der Waals surface area contributed by atoms with E-state index >= 15 is 0 Å². The fourth-order valence-corrected chi connectivity index (χ4v) is 3.07. The molecule has 1 aromatic carbocycles. The number of ether oxygens (including phenoxy) is 1. The molecule has 0 bridgehead atoms. The van der Waals surface area contributed by atoms with Crippen molar-refractivity contribution in [3.05, 3.63) is 71.0 Å². The van der Waals surface area contributed by atoms with Gasteiger partial charge in [-0.25, -0.2) is 9.78 Å². The normalized spacial score (nSPS) is 12.9. The van der Waals surface area contributed by atoms with Crippen molar-refractivity contribution in [1.82, 2.24) is 20.0 Å². The topological polar surface area (TPSA) is 72.8 Å². The van der Waals surface area contributed by atoms with E-state index in [1.54, 1.807) is 12.3 Å². The standard InChI is InChI=1S/C22H26N4O2/c1-5-8-9-17(7-3)28-18-12-10-16(11-13-18)26-21(15(4)6-2)20-19(25-26)14-23-24-22(20)27/h7,9-15H,3,5-6,8H2,1-2,4H3,(H,24,27)/b17-9+. The Kier molecular flexibility index (Phi) is 6.09. The van der Waals surface area contributed by atoms with Crippen LogP contribution in [0.25, 0.3) is 16.6 Å². The highest BCUT2D eigenvalue weighted by Crippen LogP contribution is 2.28. The molecule has 146 valence electrons. The molecule has 0 aliphatic carbocycles. The first-order chi connectivity index (χ1) is 13.6. The summed E-state index contributed by atoms with van der Waals surface area (Å²) in [4.78, 5) is 12.4. The molecule has 28 heavy (non-hydrogen) atoms. The number of aromatic amines is 1. The number of fused-ring (bicyclic) bond motifs is 1. The van der Waals surface area contributed by atoms with E-state index in [-0.39, 0.29) is 11.5 Å².